The Kier molecular flexibility index (Phi) is 6.42. The Balaban J connectivity index is 2.16. The fraction of sp³-hybridized carbons (Fsp3) is 0.381. The van der Waals surface area contributed by atoms with Crippen LogP contribution in [0.2, 0.25) is 10.0 Å². The van der Waals surface area contributed by atoms with Gasteiger partial charge in [-0.2, -0.15) is 11.8 Å². The smallest absolute Gasteiger partial charge is 0.249 e. The predicted molar refractivity (Wildman–Crippen MR) is 117 cm³/mol. The molecule has 1 amide bonds. The van der Waals surface area contributed by atoms with Gasteiger partial charge in [-0.1, -0.05) is 41.4 Å². The van der Waals surface area contributed by atoms with E-state index in [2.05, 4.69) is 30.3 Å². The number of nitrogens with zero attached hydrogens (tertiary/aromatic N) is 1. The van der Waals surface area contributed by atoms with Gasteiger partial charge in [-0.05, 0) is 49.9 Å². The van der Waals surface area contributed by atoms with E-state index in [4.69, 9.17) is 23.2 Å². The van der Waals surface area contributed by atoms with Gasteiger partial charge >= 0.3 is 0 Å². The molecule has 1 aliphatic rings. The summed E-state index contributed by atoms with van der Waals surface area (Å²) in [6.07, 6.45) is 2.64. The monoisotopic (exact) mass is 422 g/mol. The van der Waals surface area contributed by atoms with Crippen LogP contribution in [0.15, 0.2) is 42.5 Å². The number of halogens is 2. The molecule has 0 aliphatic carbocycles. The Labute approximate surface area is 175 Å². The van der Waals surface area contributed by atoms with Crippen molar-refractivity contribution in [1.29, 1.82) is 0 Å². The summed E-state index contributed by atoms with van der Waals surface area (Å²) < 4.78 is 0. The molecule has 1 N–H and O–H groups in total. The van der Waals surface area contributed by atoms with Crippen molar-refractivity contribution in [3.63, 3.8) is 0 Å². The lowest BCUT2D eigenvalue weighted by atomic mass is 9.82. The summed E-state index contributed by atoms with van der Waals surface area (Å²) in [5.41, 5.74) is 2.03. The van der Waals surface area contributed by atoms with E-state index < -0.39 is 5.54 Å². The molecule has 0 saturated heterocycles. The highest BCUT2D eigenvalue weighted by Crippen LogP contribution is 2.45. The van der Waals surface area contributed by atoms with E-state index in [-0.39, 0.29) is 11.9 Å². The number of hydrogen-bond donors (Lipinski definition) is 1. The highest BCUT2D eigenvalue weighted by atomic mass is 35.5. The standard InChI is InChI=1S/C21H24Cl2N2OS/c1-14(2)25(9-10-27-3)21(13-15-5-4-6-16(22)11-15)18-8-7-17(23)12-19(18)24-20(21)26/h4-8,11-12,14H,9-10,13H2,1-3H3,(H,24,26). The maximum absolute atomic E-state index is 13.4. The van der Waals surface area contributed by atoms with Gasteiger partial charge in [0, 0.05) is 46.1 Å². The van der Waals surface area contributed by atoms with Crippen LogP contribution in [0.4, 0.5) is 5.69 Å². The molecule has 1 unspecified atom stereocenters. The molecule has 0 aromatic heterocycles. The normalized spacial score (nSPS) is 18.9. The number of rotatable bonds is 7. The van der Waals surface area contributed by atoms with Gasteiger partial charge in [0.05, 0.1) is 0 Å². The third-order valence-corrected chi connectivity index (χ3v) is 6.11. The van der Waals surface area contributed by atoms with Crippen LogP contribution in [-0.4, -0.2) is 35.4 Å². The topological polar surface area (TPSA) is 32.3 Å². The van der Waals surface area contributed by atoms with Crippen molar-refractivity contribution >= 4 is 46.6 Å². The number of carbonyl (C=O) groups is 1. The summed E-state index contributed by atoms with van der Waals surface area (Å²) >= 11 is 14.2. The molecule has 1 heterocycles. The van der Waals surface area contributed by atoms with Crippen molar-refractivity contribution < 1.29 is 4.79 Å². The maximum atomic E-state index is 13.4. The van der Waals surface area contributed by atoms with Crippen molar-refractivity contribution in [3.8, 4) is 0 Å². The molecule has 3 nitrogen and oxygen atoms in total. The highest BCUT2D eigenvalue weighted by molar-refractivity contribution is 7.98. The van der Waals surface area contributed by atoms with E-state index in [0.29, 0.717) is 16.5 Å². The van der Waals surface area contributed by atoms with Crippen LogP contribution in [0.5, 0.6) is 0 Å². The summed E-state index contributed by atoms with van der Waals surface area (Å²) in [7, 11) is 0. The Morgan fingerprint density at radius 2 is 1.89 bits per heavy atom. The summed E-state index contributed by atoms with van der Waals surface area (Å²) in [6.45, 7) is 5.09. The molecule has 6 heteroatoms. The zero-order valence-corrected chi connectivity index (χ0v) is 18.1. The third-order valence-electron chi connectivity index (χ3n) is 5.05. The first-order chi connectivity index (χ1) is 12.9. The minimum absolute atomic E-state index is 0.00505. The lowest BCUT2D eigenvalue weighted by Gasteiger charge is -2.42. The maximum Gasteiger partial charge on any atom is 0.249 e. The van der Waals surface area contributed by atoms with Gasteiger partial charge in [0.25, 0.3) is 0 Å². The Hall–Kier alpha value is -1.20. The van der Waals surface area contributed by atoms with Gasteiger partial charge in [0.2, 0.25) is 5.91 Å². The second kappa shape index (κ2) is 8.44. The summed E-state index contributed by atoms with van der Waals surface area (Å²) in [6, 6.07) is 13.6. The van der Waals surface area contributed by atoms with E-state index in [1.807, 2.05) is 42.5 Å². The molecule has 144 valence electrons. The van der Waals surface area contributed by atoms with E-state index in [9.17, 15) is 4.79 Å². The first-order valence-electron chi connectivity index (χ1n) is 9.00. The first kappa shape index (κ1) is 20.5. The van der Waals surface area contributed by atoms with Crippen LogP contribution in [0, 0.1) is 0 Å². The van der Waals surface area contributed by atoms with Crippen LogP contribution in [-0.2, 0) is 16.8 Å². The Bertz CT molecular complexity index is 843. The average molecular weight is 423 g/mol. The highest BCUT2D eigenvalue weighted by Gasteiger charge is 2.51. The molecular weight excluding hydrogens is 399 g/mol. The Morgan fingerprint density at radius 1 is 1.15 bits per heavy atom. The summed E-state index contributed by atoms with van der Waals surface area (Å²) in [5, 5.41) is 4.37. The molecule has 2 aromatic carbocycles. The molecule has 0 spiro atoms. The average Bonchev–Trinajstić information content (AvgIpc) is 2.86. The minimum Gasteiger partial charge on any atom is -0.324 e. The molecule has 3 rings (SSSR count). The van der Waals surface area contributed by atoms with E-state index in [0.717, 1.165) is 29.1 Å². The number of fused-ring (bicyclic) bond motifs is 1. The molecule has 2 aromatic rings. The van der Waals surface area contributed by atoms with Crippen LogP contribution in [0.25, 0.3) is 0 Å². The molecule has 1 atom stereocenters. The van der Waals surface area contributed by atoms with E-state index >= 15 is 0 Å². The van der Waals surface area contributed by atoms with Crippen LogP contribution < -0.4 is 5.32 Å². The van der Waals surface area contributed by atoms with Crippen molar-refractivity contribution in [2.75, 3.05) is 23.9 Å². The number of carbonyl (C=O) groups excluding carboxylic acids is 1. The number of amides is 1. The fourth-order valence-corrected chi connectivity index (χ4v) is 4.68. The lowest BCUT2D eigenvalue weighted by molar-refractivity contribution is -0.129. The van der Waals surface area contributed by atoms with Crippen LogP contribution >= 0.6 is 35.0 Å². The molecule has 27 heavy (non-hydrogen) atoms. The van der Waals surface area contributed by atoms with Crippen molar-refractivity contribution in [2.45, 2.75) is 31.8 Å². The number of benzene rings is 2. The third kappa shape index (κ3) is 4.00. The van der Waals surface area contributed by atoms with Crippen molar-refractivity contribution in [1.82, 2.24) is 4.90 Å². The molecule has 0 saturated carbocycles. The van der Waals surface area contributed by atoms with E-state index in [1.54, 1.807) is 11.8 Å². The molecule has 1 aliphatic heterocycles. The van der Waals surface area contributed by atoms with Crippen LogP contribution in [0.3, 0.4) is 0 Å². The fourth-order valence-electron chi connectivity index (χ4n) is 3.91. The number of nitrogens with one attached hydrogen (secondary N) is 1. The molecule has 0 fully saturated rings. The molecular formula is C21H24Cl2N2OS. The van der Waals surface area contributed by atoms with Gasteiger partial charge < -0.3 is 5.32 Å². The quantitative estimate of drug-likeness (QED) is 0.642. The van der Waals surface area contributed by atoms with Gasteiger partial charge in [-0.15, -0.1) is 0 Å². The van der Waals surface area contributed by atoms with Crippen LogP contribution in [0.1, 0.15) is 25.0 Å². The number of anilines is 1. The lowest BCUT2D eigenvalue weighted by Crippen LogP contribution is -2.56. The van der Waals surface area contributed by atoms with Gasteiger partial charge in [-0.25, -0.2) is 0 Å². The number of thioether (sulfide) groups is 1. The minimum atomic E-state index is -0.783. The summed E-state index contributed by atoms with van der Waals surface area (Å²) in [5.74, 6) is 0.945. The van der Waals surface area contributed by atoms with E-state index in [1.165, 1.54) is 0 Å². The summed E-state index contributed by atoms with van der Waals surface area (Å²) in [4.78, 5) is 15.7. The van der Waals surface area contributed by atoms with Crippen molar-refractivity contribution in [2.24, 2.45) is 0 Å². The first-order valence-corrected chi connectivity index (χ1v) is 11.1. The van der Waals surface area contributed by atoms with Gasteiger partial charge in [-0.3, -0.25) is 9.69 Å². The van der Waals surface area contributed by atoms with Crippen molar-refractivity contribution in [3.05, 3.63) is 63.6 Å². The second-order valence-corrected chi connectivity index (χ2v) is 8.95. The zero-order valence-electron chi connectivity index (χ0n) is 15.8. The van der Waals surface area contributed by atoms with Gasteiger partial charge in [0.15, 0.2) is 0 Å². The number of hydrogen-bond acceptors (Lipinski definition) is 3. The van der Waals surface area contributed by atoms with Gasteiger partial charge in [0.1, 0.15) is 5.54 Å². The largest absolute Gasteiger partial charge is 0.324 e. The molecule has 0 bridgehead atoms. The SMILES string of the molecule is CSCCN(C(C)C)C1(Cc2cccc(Cl)c2)C(=O)Nc2cc(Cl)ccc21. The predicted octanol–water partition coefficient (Wildman–Crippen LogP) is 5.46. The molecule has 0 radical (unpaired) electrons. The Morgan fingerprint density at radius 3 is 2.56 bits per heavy atom. The second-order valence-electron chi connectivity index (χ2n) is 7.09. The zero-order chi connectivity index (χ0) is 19.6.